The molecule has 0 radical (unpaired) electrons. The minimum absolute atomic E-state index is 0.00628. The largest absolute Gasteiger partial charge is 0.310 e. The second-order valence-electron chi connectivity index (χ2n) is 12.7. The van der Waals surface area contributed by atoms with Crippen molar-refractivity contribution in [3.05, 3.63) is 150 Å². The van der Waals surface area contributed by atoms with Crippen molar-refractivity contribution in [3.63, 3.8) is 0 Å². The Balaban J connectivity index is 1.33. The van der Waals surface area contributed by atoms with E-state index in [0.29, 0.717) is 0 Å². The van der Waals surface area contributed by atoms with E-state index < -0.39 is 0 Å². The van der Waals surface area contributed by atoms with Gasteiger partial charge in [0.05, 0.1) is 0 Å². The highest BCUT2D eigenvalue weighted by Gasteiger charge is 2.37. The summed E-state index contributed by atoms with van der Waals surface area (Å²) in [5.41, 5.74) is 14.4. The molecule has 0 amide bonds. The molecule has 0 atom stereocenters. The van der Waals surface area contributed by atoms with Crippen LogP contribution >= 0.6 is 0 Å². The van der Waals surface area contributed by atoms with Crippen LogP contribution in [0.2, 0.25) is 0 Å². The summed E-state index contributed by atoms with van der Waals surface area (Å²) in [5, 5.41) is 2.60. The Morgan fingerprint density at radius 3 is 1.54 bits per heavy atom. The summed E-state index contributed by atoms with van der Waals surface area (Å²) in [4.78, 5) is 2.42. The molecule has 0 spiro atoms. The standard InChI is InChI=1S/C40H33N/c1-39(2)35-17-11-10-16-31(35)33-24-29(18-20-36(33)39)41(28-14-6-5-7-15-28)30-19-21-37-34(25-30)32-22-26-12-8-9-13-27(26)23-38(32)40(37,3)4/h5-25H,1-4H3. The average Bonchev–Trinajstić information content (AvgIpc) is 3.36. The van der Waals surface area contributed by atoms with Gasteiger partial charge in [0, 0.05) is 27.9 Å². The number of hydrogen-bond acceptors (Lipinski definition) is 1. The van der Waals surface area contributed by atoms with E-state index in [0.717, 1.165) is 5.69 Å². The van der Waals surface area contributed by atoms with Crippen molar-refractivity contribution in [2.45, 2.75) is 38.5 Å². The Kier molecular flexibility index (Phi) is 4.98. The molecule has 198 valence electrons. The molecule has 6 aromatic rings. The van der Waals surface area contributed by atoms with Gasteiger partial charge in [0.2, 0.25) is 0 Å². The van der Waals surface area contributed by atoms with Crippen LogP contribution in [0.15, 0.2) is 127 Å². The third kappa shape index (κ3) is 3.42. The SMILES string of the molecule is CC1(C)c2ccccc2-c2cc(N(c3ccccc3)c3ccc4c(c3)-c3cc5ccccc5cc3C4(C)C)ccc21. The van der Waals surface area contributed by atoms with E-state index in [1.165, 1.54) is 66.7 Å². The molecule has 0 saturated carbocycles. The first kappa shape index (κ1) is 24.2. The lowest BCUT2D eigenvalue weighted by molar-refractivity contribution is 0.660. The van der Waals surface area contributed by atoms with Gasteiger partial charge in [0.15, 0.2) is 0 Å². The average molecular weight is 528 g/mol. The van der Waals surface area contributed by atoms with Crippen LogP contribution in [-0.4, -0.2) is 0 Å². The summed E-state index contributed by atoms with van der Waals surface area (Å²) in [7, 11) is 0. The molecule has 8 rings (SSSR count). The number of para-hydroxylation sites is 1. The van der Waals surface area contributed by atoms with Gasteiger partial charge in [-0.25, -0.2) is 0 Å². The Morgan fingerprint density at radius 1 is 0.366 bits per heavy atom. The maximum atomic E-state index is 2.42. The van der Waals surface area contributed by atoms with E-state index in [1.54, 1.807) is 0 Å². The van der Waals surface area contributed by atoms with Crippen LogP contribution in [0.4, 0.5) is 17.1 Å². The Bertz CT molecular complexity index is 1990. The van der Waals surface area contributed by atoms with E-state index in [-0.39, 0.29) is 10.8 Å². The lowest BCUT2D eigenvalue weighted by Crippen LogP contribution is -2.16. The molecule has 2 aliphatic carbocycles. The van der Waals surface area contributed by atoms with Crippen molar-refractivity contribution < 1.29 is 0 Å². The predicted molar refractivity (Wildman–Crippen MR) is 174 cm³/mol. The van der Waals surface area contributed by atoms with E-state index in [2.05, 4.69) is 160 Å². The van der Waals surface area contributed by atoms with Gasteiger partial charge in [-0.05, 0) is 104 Å². The zero-order chi connectivity index (χ0) is 27.9. The number of anilines is 3. The molecule has 1 heteroatoms. The van der Waals surface area contributed by atoms with Gasteiger partial charge in [-0.15, -0.1) is 0 Å². The molecule has 0 bridgehead atoms. The van der Waals surface area contributed by atoms with Crippen LogP contribution in [0.1, 0.15) is 49.9 Å². The summed E-state index contributed by atoms with van der Waals surface area (Å²) < 4.78 is 0. The molecular formula is C40H33N. The fourth-order valence-electron chi connectivity index (χ4n) is 7.44. The lowest BCUT2D eigenvalue weighted by Gasteiger charge is -2.28. The molecule has 6 aromatic carbocycles. The maximum Gasteiger partial charge on any atom is 0.0468 e. The first-order valence-electron chi connectivity index (χ1n) is 14.6. The van der Waals surface area contributed by atoms with E-state index in [1.807, 2.05) is 0 Å². The van der Waals surface area contributed by atoms with Crippen LogP contribution in [0.3, 0.4) is 0 Å². The molecule has 41 heavy (non-hydrogen) atoms. The fourth-order valence-corrected chi connectivity index (χ4v) is 7.44. The Labute approximate surface area is 242 Å². The monoisotopic (exact) mass is 527 g/mol. The third-order valence-corrected chi connectivity index (χ3v) is 9.62. The van der Waals surface area contributed by atoms with Gasteiger partial charge >= 0.3 is 0 Å². The topological polar surface area (TPSA) is 3.24 Å². The molecule has 0 aromatic heterocycles. The number of rotatable bonds is 3. The van der Waals surface area contributed by atoms with Crippen molar-refractivity contribution >= 4 is 27.8 Å². The molecule has 0 aliphatic heterocycles. The minimum Gasteiger partial charge on any atom is -0.310 e. The Morgan fingerprint density at radius 2 is 0.854 bits per heavy atom. The molecule has 0 saturated heterocycles. The van der Waals surface area contributed by atoms with Gasteiger partial charge in [-0.2, -0.15) is 0 Å². The normalized spacial score (nSPS) is 15.2. The minimum atomic E-state index is -0.0479. The maximum absolute atomic E-state index is 2.42. The zero-order valence-electron chi connectivity index (χ0n) is 24.1. The summed E-state index contributed by atoms with van der Waals surface area (Å²) in [6.45, 7) is 9.41. The van der Waals surface area contributed by atoms with Crippen molar-refractivity contribution in [2.24, 2.45) is 0 Å². The first-order valence-corrected chi connectivity index (χ1v) is 14.6. The predicted octanol–water partition coefficient (Wildman–Crippen LogP) is 10.9. The van der Waals surface area contributed by atoms with E-state index in [4.69, 9.17) is 0 Å². The highest BCUT2D eigenvalue weighted by Crippen LogP contribution is 2.53. The van der Waals surface area contributed by atoms with Crippen LogP contribution in [-0.2, 0) is 10.8 Å². The first-order chi connectivity index (χ1) is 19.8. The number of fused-ring (bicyclic) bond motifs is 7. The van der Waals surface area contributed by atoms with Gasteiger partial charge in [0.25, 0.3) is 0 Å². The fraction of sp³-hybridized carbons (Fsp3) is 0.150. The quantitative estimate of drug-likeness (QED) is 0.221. The summed E-state index contributed by atoms with van der Waals surface area (Å²) in [5.74, 6) is 0. The van der Waals surface area contributed by atoms with Gasteiger partial charge in [-0.1, -0.05) is 107 Å². The highest BCUT2D eigenvalue weighted by molar-refractivity contribution is 5.95. The van der Waals surface area contributed by atoms with Gasteiger partial charge in [0.1, 0.15) is 0 Å². The van der Waals surface area contributed by atoms with Crippen molar-refractivity contribution in [2.75, 3.05) is 4.90 Å². The van der Waals surface area contributed by atoms with Gasteiger partial charge in [-0.3, -0.25) is 0 Å². The van der Waals surface area contributed by atoms with Crippen LogP contribution in [0.25, 0.3) is 33.0 Å². The second-order valence-corrected chi connectivity index (χ2v) is 12.7. The van der Waals surface area contributed by atoms with Crippen molar-refractivity contribution in [1.82, 2.24) is 0 Å². The van der Waals surface area contributed by atoms with Crippen LogP contribution in [0.5, 0.6) is 0 Å². The molecule has 0 unspecified atom stereocenters. The second kappa shape index (κ2) is 8.44. The molecule has 0 N–H and O–H groups in total. The third-order valence-electron chi connectivity index (χ3n) is 9.62. The number of hydrogen-bond donors (Lipinski definition) is 0. The van der Waals surface area contributed by atoms with Crippen LogP contribution < -0.4 is 4.90 Å². The van der Waals surface area contributed by atoms with Gasteiger partial charge < -0.3 is 4.90 Å². The van der Waals surface area contributed by atoms with Crippen molar-refractivity contribution in [3.8, 4) is 22.3 Å². The summed E-state index contributed by atoms with van der Waals surface area (Å²) in [6, 6.07) is 47.3. The number of nitrogens with zero attached hydrogens (tertiary/aromatic N) is 1. The molecular weight excluding hydrogens is 494 g/mol. The smallest absolute Gasteiger partial charge is 0.0468 e. The highest BCUT2D eigenvalue weighted by atomic mass is 15.1. The molecule has 0 heterocycles. The summed E-state index contributed by atoms with van der Waals surface area (Å²) in [6.07, 6.45) is 0. The zero-order valence-corrected chi connectivity index (χ0v) is 24.1. The van der Waals surface area contributed by atoms with Crippen molar-refractivity contribution in [1.29, 1.82) is 0 Å². The number of benzene rings is 6. The van der Waals surface area contributed by atoms with Crippen LogP contribution in [0, 0.1) is 0 Å². The molecule has 2 aliphatic rings. The van der Waals surface area contributed by atoms with E-state index in [9.17, 15) is 0 Å². The summed E-state index contributed by atoms with van der Waals surface area (Å²) >= 11 is 0. The molecule has 0 fully saturated rings. The molecule has 1 nitrogen and oxygen atoms in total. The lowest BCUT2D eigenvalue weighted by atomic mass is 9.82. The Hall–Kier alpha value is -4.62. The van der Waals surface area contributed by atoms with E-state index >= 15 is 0 Å².